The first-order chi connectivity index (χ1) is 12.6. The monoisotopic (exact) mass is 354 g/mol. The van der Waals surface area contributed by atoms with Gasteiger partial charge in [0, 0.05) is 24.0 Å². The minimum atomic E-state index is -0.0968. The Kier molecular flexibility index (Phi) is 6.12. The molecule has 5 nitrogen and oxygen atoms in total. The van der Waals surface area contributed by atoms with Gasteiger partial charge in [-0.15, -0.1) is 0 Å². The van der Waals surface area contributed by atoms with Crippen LogP contribution < -0.4 is 15.4 Å². The summed E-state index contributed by atoms with van der Waals surface area (Å²) in [6.45, 7) is 5.66. The summed E-state index contributed by atoms with van der Waals surface area (Å²) >= 11 is 0. The predicted octanol–water partition coefficient (Wildman–Crippen LogP) is 3.91. The van der Waals surface area contributed by atoms with Gasteiger partial charge in [0.05, 0.1) is 12.6 Å². The number of anilines is 2. The van der Waals surface area contributed by atoms with Crippen molar-refractivity contribution < 1.29 is 14.3 Å². The van der Waals surface area contributed by atoms with Crippen LogP contribution in [0.15, 0.2) is 42.5 Å². The van der Waals surface area contributed by atoms with Crippen LogP contribution in [-0.2, 0) is 9.53 Å². The van der Waals surface area contributed by atoms with E-state index in [2.05, 4.69) is 16.7 Å². The lowest BCUT2D eigenvalue weighted by molar-refractivity contribution is -0.114. The fourth-order valence-electron chi connectivity index (χ4n) is 3.09. The molecule has 2 aromatic rings. The predicted molar refractivity (Wildman–Crippen MR) is 104 cm³/mol. The average Bonchev–Trinajstić information content (AvgIpc) is 3.11. The van der Waals surface area contributed by atoms with Crippen molar-refractivity contribution in [1.82, 2.24) is 0 Å². The molecule has 1 unspecified atom stereocenters. The molecule has 0 radical (unpaired) electrons. The fourth-order valence-corrected chi connectivity index (χ4v) is 3.09. The highest BCUT2D eigenvalue weighted by Crippen LogP contribution is 2.20. The lowest BCUT2D eigenvalue weighted by Gasteiger charge is -2.13. The average molecular weight is 354 g/mol. The Morgan fingerprint density at radius 3 is 2.69 bits per heavy atom. The lowest BCUT2D eigenvalue weighted by Crippen LogP contribution is -2.22. The van der Waals surface area contributed by atoms with Crippen LogP contribution in [0.2, 0.25) is 0 Å². The van der Waals surface area contributed by atoms with Crippen molar-refractivity contribution in [1.29, 1.82) is 0 Å². The van der Waals surface area contributed by atoms with Crippen molar-refractivity contribution in [2.45, 2.75) is 32.8 Å². The van der Waals surface area contributed by atoms with Crippen molar-refractivity contribution in [2.24, 2.45) is 0 Å². The second-order valence-corrected chi connectivity index (χ2v) is 6.75. The van der Waals surface area contributed by atoms with E-state index >= 15 is 0 Å². The highest BCUT2D eigenvalue weighted by atomic mass is 16.5. The number of amides is 1. The highest BCUT2D eigenvalue weighted by Gasteiger charge is 2.16. The lowest BCUT2D eigenvalue weighted by atomic mass is 10.1. The summed E-state index contributed by atoms with van der Waals surface area (Å²) < 4.78 is 11.3. The molecule has 0 aromatic heterocycles. The van der Waals surface area contributed by atoms with Crippen LogP contribution in [0.3, 0.4) is 0 Å². The zero-order valence-corrected chi connectivity index (χ0v) is 15.4. The van der Waals surface area contributed by atoms with Gasteiger partial charge in [0.2, 0.25) is 5.91 Å². The molecule has 1 saturated heterocycles. The van der Waals surface area contributed by atoms with Gasteiger partial charge in [-0.3, -0.25) is 4.79 Å². The number of hydrogen-bond donors (Lipinski definition) is 2. The Hall–Kier alpha value is -2.53. The van der Waals surface area contributed by atoms with E-state index < -0.39 is 0 Å². The molecule has 138 valence electrons. The number of carbonyl (C=O) groups excluding carboxylic acids is 1. The minimum Gasteiger partial charge on any atom is -0.491 e. The van der Waals surface area contributed by atoms with Gasteiger partial charge < -0.3 is 20.1 Å². The van der Waals surface area contributed by atoms with Crippen LogP contribution in [0.5, 0.6) is 5.75 Å². The van der Waals surface area contributed by atoms with Gasteiger partial charge in [-0.05, 0) is 62.1 Å². The van der Waals surface area contributed by atoms with E-state index in [9.17, 15) is 4.79 Å². The van der Waals surface area contributed by atoms with Gasteiger partial charge in [-0.2, -0.15) is 0 Å². The zero-order valence-electron chi connectivity index (χ0n) is 15.4. The van der Waals surface area contributed by atoms with E-state index in [-0.39, 0.29) is 18.6 Å². The molecule has 3 rings (SSSR count). The molecule has 26 heavy (non-hydrogen) atoms. The molecule has 1 fully saturated rings. The molecule has 2 N–H and O–H groups in total. The Bertz CT molecular complexity index is 734. The second kappa shape index (κ2) is 8.72. The van der Waals surface area contributed by atoms with E-state index in [1.54, 1.807) is 0 Å². The van der Waals surface area contributed by atoms with E-state index in [1.807, 2.05) is 50.2 Å². The topological polar surface area (TPSA) is 59.6 Å². The number of nitrogens with one attached hydrogen (secondary N) is 2. The Labute approximate surface area is 154 Å². The SMILES string of the molecule is Cc1cc(C)cc(NCC(=O)Nc2cccc(OCC3CCCO3)c2)c1. The molecule has 1 heterocycles. The van der Waals surface area contributed by atoms with Crippen LogP contribution in [0.1, 0.15) is 24.0 Å². The molecule has 0 bridgehead atoms. The fraction of sp³-hybridized carbons (Fsp3) is 0.381. The molecule has 0 saturated carbocycles. The molecule has 1 aliphatic rings. The van der Waals surface area contributed by atoms with Crippen molar-refractivity contribution in [3.05, 3.63) is 53.6 Å². The largest absolute Gasteiger partial charge is 0.491 e. The summed E-state index contributed by atoms with van der Waals surface area (Å²) in [4.78, 5) is 12.2. The maximum absolute atomic E-state index is 12.2. The third kappa shape index (κ3) is 5.49. The van der Waals surface area contributed by atoms with Crippen LogP contribution in [0.4, 0.5) is 11.4 Å². The third-order valence-electron chi connectivity index (χ3n) is 4.25. The minimum absolute atomic E-state index is 0.0968. The molecule has 5 heteroatoms. The summed E-state index contributed by atoms with van der Waals surface area (Å²) in [5.41, 5.74) is 4.02. The Morgan fingerprint density at radius 1 is 1.15 bits per heavy atom. The normalized spacial score (nSPS) is 16.3. The number of rotatable bonds is 7. The van der Waals surface area contributed by atoms with E-state index in [4.69, 9.17) is 9.47 Å². The Balaban J connectivity index is 1.49. The van der Waals surface area contributed by atoms with E-state index in [0.29, 0.717) is 6.61 Å². The molecule has 1 aliphatic heterocycles. The van der Waals surface area contributed by atoms with Crippen molar-refractivity contribution in [3.8, 4) is 5.75 Å². The van der Waals surface area contributed by atoms with Gasteiger partial charge >= 0.3 is 0 Å². The quantitative estimate of drug-likeness (QED) is 0.791. The van der Waals surface area contributed by atoms with Gasteiger partial charge in [-0.1, -0.05) is 12.1 Å². The highest BCUT2D eigenvalue weighted by molar-refractivity contribution is 5.93. The van der Waals surface area contributed by atoms with Crippen molar-refractivity contribution in [2.75, 3.05) is 30.4 Å². The molecule has 1 amide bonds. The molecule has 0 spiro atoms. The van der Waals surface area contributed by atoms with E-state index in [0.717, 1.165) is 36.6 Å². The zero-order chi connectivity index (χ0) is 18.4. The van der Waals surface area contributed by atoms with Gasteiger partial charge in [0.25, 0.3) is 0 Å². The van der Waals surface area contributed by atoms with Crippen molar-refractivity contribution >= 4 is 17.3 Å². The standard InChI is InChI=1S/C21H26N2O3/c1-15-9-16(2)11-18(10-15)22-13-21(24)23-17-5-3-6-19(12-17)26-14-20-7-4-8-25-20/h3,5-6,9-12,20,22H,4,7-8,13-14H2,1-2H3,(H,23,24). The molecular weight excluding hydrogens is 328 g/mol. The maximum Gasteiger partial charge on any atom is 0.243 e. The summed E-state index contributed by atoms with van der Waals surface area (Å²) in [6, 6.07) is 13.6. The number of ether oxygens (including phenoxy) is 2. The third-order valence-corrected chi connectivity index (χ3v) is 4.25. The smallest absolute Gasteiger partial charge is 0.243 e. The summed E-state index contributed by atoms with van der Waals surface area (Å²) in [5.74, 6) is 0.640. The van der Waals surface area contributed by atoms with Crippen LogP contribution in [0, 0.1) is 13.8 Å². The van der Waals surface area contributed by atoms with Crippen LogP contribution in [-0.4, -0.2) is 31.8 Å². The first-order valence-corrected chi connectivity index (χ1v) is 9.05. The van der Waals surface area contributed by atoms with Gasteiger partial charge in [-0.25, -0.2) is 0 Å². The molecule has 0 aliphatic carbocycles. The van der Waals surface area contributed by atoms with E-state index in [1.165, 1.54) is 11.1 Å². The molecular formula is C21H26N2O3. The van der Waals surface area contributed by atoms with Gasteiger partial charge in [0.15, 0.2) is 0 Å². The second-order valence-electron chi connectivity index (χ2n) is 6.75. The number of carbonyl (C=O) groups is 1. The number of hydrogen-bond acceptors (Lipinski definition) is 4. The first-order valence-electron chi connectivity index (χ1n) is 9.05. The Morgan fingerprint density at radius 2 is 1.96 bits per heavy atom. The maximum atomic E-state index is 12.2. The molecule has 1 atom stereocenters. The van der Waals surface area contributed by atoms with Crippen LogP contribution >= 0.6 is 0 Å². The number of aryl methyl sites for hydroxylation is 2. The van der Waals surface area contributed by atoms with Gasteiger partial charge in [0.1, 0.15) is 12.4 Å². The molecule has 2 aromatic carbocycles. The summed E-state index contributed by atoms with van der Waals surface area (Å²) in [7, 11) is 0. The first kappa shape index (κ1) is 18.3. The van der Waals surface area contributed by atoms with Crippen molar-refractivity contribution in [3.63, 3.8) is 0 Å². The summed E-state index contributed by atoms with van der Waals surface area (Å²) in [6.07, 6.45) is 2.31. The summed E-state index contributed by atoms with van der Waals surface area (Å²) in [5, 5.41) is 6.06. The number of benzene rings is 2. The van der Waals surface area contributed by atoms with Crippen LogP contribution in [0.25, 0.3) is 0 Å².